The highest BCUT2D eigenvalue weighted by molar-refractivity contribution is 6.11. The molecule has 0 bridgehead atoms. The van der Waals surface area contributed by atoms with E-state index in [1.54, 1.807) is 0 Å². The van der Waals surface area contributed by atoms with E-state index in [-0.39, 0.29) is 0 Å². The van der Waals surface area contributed by atoms with Gasteiger partial charge in [-0.05, 0) is 95.1 Å². The van der Waals surface area contributed by atoms with Gasteiger partial charge in [0.1, 0.15) is 11.6 Å². The predicted octanol–water partition coefficient (Wildman–Crippen LogP) is 11.4. The Morgan fingerprint density at radius 3 is 1.50 bits per heavy atom. The Balaban J connectivity index is 1.18. The first-order valence-electron chi connectivity index (χ1n) is 15.7. The quantitative estimate of drug-likeness (QED) is 0.192. The normalized spacial score (nSPS) is 11.5. The summed E-state index contributed by atoms with van der Waals surface area (Å²) in [5.41, 5.74) is 9.78. The highest BCUT2D eigenvalue weighted by atomic mass is 19.1. The molecule has 0 fully saturated rings. The van der Waals surface area contributed by atoms with Crippen LogP contribution in [-0.2, 0) is 0 Å². The minimum absolute atomic E-state index is 0.476. The molecule has 0 aliphatic carbocycles. The van der Waals surface area contributed by atoms with Gasteiger partial charge in [0, 0.05) is 39.0 Å². The zero-order valence-corrected chi connectivity index (χ0v) is 25.5. The molecule has 0 aliphatic rings. The summed E-state index contributed by atoms with van der Waals surface area (Å²) in [5.74, 6) is -1.23. The second-order valence-corrected chi connectivity index (χ2v) is 12.0. The van der Waals surface area contributed by atoms with Gasteiger partial charge in [0.15, 0.2) is 0 Å². The van der Waals surface area contributed by atoms with Gasteiger partial charge in [-0.25, -0.2) is 8.78 Å². The van der Waals surface area contributed by atoms with Crippen molar-refractivity contribution in [3.63, 3.8) is 0 Å². The number of para-hydroxylation sites is 3. The summed E-state index contributed by atoms with van der Waals surface area (Å²) in [6.45, 7) is 0. The molecule has 0 radical (unpaired) electrons. The maximum Gasteiger partial charge on any atom is 0.126 e. The van der Waals surface area contributed by atoms with Crippen molar-refractivity contribution in [3.05, 3.63) is 169 Å². The molecule has 0 saturated carbocycles. The highest BCUT2D eigenvalue weighted by Crippen LogP contribution is 2.37. The second kappa shape index (κ2) is 10.8. The average Bonchev–Trinajstić information content (AvgIpc) is 3.64. The fourth-order valence-corrected chi connectivity index (χ4v) is 7.13. The van der Waals surface area contributed by atoms with Crippen LogP contribution in [0.3, 0.4) is 0 Å². The monoisotopic (exact) mass is 621 g/mol. The van der Waals surface area contributed by atoms with Crippen LogP contribution in [0, 0.1) is 23.0 Å². The molecule has 0 atom stereocenters. The number of benzene rings is 7. The molecule has 9 rings (SSSR count). The molecule has 0 spiro atoms. The summed E-state index contributed by atoms with van der Waals surface area (Å²) in [6, 6.07) is 51.1. The van der Waals surface area contributed by atoms with Crippen molar-refractivity contribution in [1.82, 2.24) is 9.13 Å². The van der Waals surface area contributed by atoms with Crippen LogP contribution in [0.1, 0.15) is 5.56 Å². The van der Waals surface area contributed by atoms with Crippen molar-refractivity contribution in [3.8, 4) is 39.7 Å². The third-order valence-electron chi connectivity index (χ3n) is 9.21. The number of rotatable bonds is 4. The van der Waals surface area contributed by atoms with E-state index in [1.807, 2.05) is 48.5 Å². The minimum Gasteiger partial charge on any atom is -0.309 e. The van der Waals surface area contributed by atoms with Gasteiger partial charge in [-0.3, -0.25) is 0 Å². The molecule has 226 valence electrons. The first kappa shape index (κ1) is 27.8. The van der Waals surface area contributed by atoms with Crippen LogP contribution in [-0.4, -0.2) is 9.13 Å². The third-order valence-corrected chi connectivity index (χ3v) is 9.21. The van der Waals surface area contributed by atoms with E-state index < -0.39 is 11.6 Å². The van der Waals surface area contributed by atoms with Crippen molar-refractivity contribution in [1.29, 1.82) is 5.26 Å². The number of nitriles is 1. The van der Waals surface area contributed by atoms with Crippen molar-refractivity contribution in [2.45, 2.75) is 0 Å². The molecular formula is C43H25F2N3. The van der Waals surface area contributed by atoms with Crippen LogP contribution < -0.4 is 0 Å². The van der Waals surface area contributed by atoms with E-state index in [0.717, 1.165) is 67.0 Å². The van der Waals surface area contributed by atoms with Gasteiger partial charge >= 0.3 is 0 Å². The van der Waals surface area contributed by atoms with Crippen LogP contribution >= 0.6 is 0 Å². The van der Waals surface area contributed by atoms with Crippen molar-refractivity contribution >= 4 is 43.6 Å². The molecule has 0 unspecified atom stereocenters. The first-order chi connectivity index (χ1) is 23.6. The smallest absolute Gasteiger partial charge is 0.126 e. The Hall–Kier alpha value is -6.51. The van der Waals surface area contributed by atoms with E-state index >= 15 is 0 Å². The summed E-state index contributed by atoms with van der Waals surface area (Å²) in [7, 11) is 0. The molecule has 2 heterocycles. The molecule has 0 N–H and O–H groups in total. The Labute approximate surface area is 274 Å². The second-order valence-electron chi connectivity index (χ2n) is 12.0. The Kier molecular flexibility index (Phi) is 6.24. The number of aromatic nitrogens is 2. The van der Waals surface area contributed by atoms with E-state index in [9.17, 15) is 14.0 Å². The fourth-order valence-electron chi connectivity index (χ4n) is 7.13. The summed E-state index contributed by atoms with van der Waals surface area (Å²) in [4.78, 5) is 0. The summed E-state index contributed by atoms with van der Waals surface area (Å²) >= 11 is 0. The van der Waals surface area contributed by atoms with E-state index in [1.165, 1.54) is 22.9 Å². The summed E-state index contributed by atoms with van der Waals surface area (Å²) in [6.07, 6.45) is 0. The molecule has 5 heteroatoms. The van der Waals surface area contributed by atoms with Crippen LogP contribution in [0.25, 0.3) is 77.2 Å². The van der Waals surface area contributed by atoms with Gasteiger partial charge in [0.2, 0.25) is 0 Å². The van der Waals surface area contributed by atoms with Gasteiger partial charge in [-0.15, -0.1) is 0 Å². The number of nitrogens with zero attached hydrogens (tertiary/aromatic N) is 3. The zero-order valence-electron chi connectivity index (χ0n) is 25.5. The van der Waals surface area contributed by atoms with Gasteiger partial charge in [-0.1, -0.05) is 72.8 Å². The lowest BCUT2D eigenvalue weighted by Crippen LogP contribution is -1.96. The lowest BCUT2D eigenvalue weighted by molar-refractivity contribution is 0.584. The molecule has 7 aromatic carbocycles. The number of halogens is 2. The summed E-state index contributed by atoms with van der Waals surface area (Å²) in [5, 5.41) is 14.5. The molecule has 3 nitrogen and oxygen atoms in total. The molecule has 9 aromatic rings. The minimum atomic E-state index is -0.614. The molecule has 2 aromatic heterocycles. The Bertz CT molecular complexity index is 2690. The maximum absolute atomic E-state index is 14.1. The molecule has 48 heavy (non-hydrogen) atoms. The van der Waals surface area contributed by atoms with E-state index in [2.05, 4.69) is 100 Å². The van der Waals surface area contributed by atoms with Gasteiger partial charge in [0.25, 0.3) is 0 Å². The van der Waals surface area contributed by atoms with Crippen LogP contribution in [0.4, 0.5) is 8.78 Å². The SMILES string of the molecule is N#Cc1cc(-c2ccc(-n3c4ccccc4c4ccccc43)cc2)cc(-n2c3ccccc3c3cc(-c4cc(F)cc(F)c4)ccc32)c1. The largest absolute Gasteiger partial charge is 0.309 e. The average molecular weight is 622 g/mol. The lowest BCUT2D eigenvalue weighted by atomic mass is 10.0. The fraction of sp³-hybridized carbons (Fsp3) is 0. The van der Waals surface area contributed by atoms with Crippen molar-refractivity contribution in [2.75, 3.05) is 0 Å². The summed E-state index contributed by atoms with van der Waals surface area (Å²) < 4.78 is 32.6. The zero-order chi connectivity index (χ0) is 32.4. The Morgan fingerprint density at radius 2 is 0.896 bits per heavy atom. The maximum atomic E-state index is 14.1. The first-order valence-corrected chi connectivity index (χ1v) is 15.7. The molecule has 0 saturated heterocycles. The Morgan fingerprint density at radius 1 is 0.396 bits per heavy atom. The topological polar surface area (TPSA) is 33.6 Å². The standard InChI is InChI=1S/C43H25F2N3/c44-32-21-31(22-33(45)25-32)29-15-18-43-39(24-29)38-9-3-6-12-42(38)48(43)35-20-27(26-46)19-30(23-35)28-13-16-34(17-14-28)47-40-10-4-1-7-36(40)37-8-2-5-11-41(37)47/h1-25H. The third kappa shape index (κ3) is 4.39. The van der Waals surface area contributed by atoms with E-state index in [0.29, 0.717) is 11.1 Å². The molecular weight excluding hydrogens is 596 g/mol. The molecule has 0 amide bonds. The van der Waals surface area contributed by atoms with E-state index in [4.69, 9.17) is 0 Å². The van der Waals surface area contributed by atoms with Gasteiger partial charge in [-0.2, -0.15) is 5.26 Å². The highest BCUT2D eigenvalue weighted by Gasteiger charge is 2.16. The predicted molar refractivity (Wildman–Crippen MR) is 191 cm³/mol. The van der Waals surface area contributed by atoms with Crippen molar-refractivity contribution in [2.24, 2.45) is 0 Å². The lowest BCUT2D eigenvalue weighted by Gasteiger charge is -2.13. The van der Waals surface area contributed by atoms with Crippen molar-refractivity contribution < 1.29 is 8.78 Å². The molecule has 0 aliphatic heterocycles. The van der Waals surface area contributed by atoms with Crippen LogP contribution in [0.2, 0.25) is 0 Å². The van der Waals surface area contributed by atoms with Gasteiger partial charge in [0.05, 0.1) is 33.7 Å². The van der Waals surface area contributed by atoms with Crippen LogP contribution in [0.5, 0.6) is 0 Å². The number of hydrogen-bond acceptors (Lipinski definition) is 1. The van der Waals surface area contributed by atoms with Gasteiger partial charge < -0.3 is 9.13 Å². The number of hydrogen-bond donors (Lipinski definition) is 0. The number of fused-ring (bicyclic) bond motifs is 6. The van der Waals surface area contributed by atoms with Crippen LogP contribution in [0.15, 0.2) is 152 Å².